The van der Waals surface area contributed by atoms with Gasteiger partial charge in [-0.3, -0.25) is 9.78 Å². The second kappa shape index (κ2) is 8.53. The van der Waals surface area contributed by atoms with Gasteiger partial charge in [-0.05, 0) is 42.5 Å². The van der Waals surface area contributed by atoms with Crippen LogP contribution in [0.3, 0.4) is 0 Å². The Labute approximate surface area is 170 Å². The summed E-state index contributed by atoms with van der Waals surface area (Å²) in [7, 11) is 1.52. The van der Waals surface area contributed by atoms with E-state index >= 15 is 0 Å². The number of carbonyl (C=O) groups is 1. The Morgan fingerprint density at radius 1 is 1.10 bits per heavy atom. The fourth-order valence-electron chi connectivity index (χ4n) is 2.67. The highest BCUT2D eigenvalue weighted by atomic mass is 35.5. The van der Waals surface area contributed by atoms with E-state index in [1.807, 2.05) is 0 Å². The molecular weight excluding hydrogens is 405 g/mol. The summed E-state index contributed by atoms with van der Waals surface area (Å²) in [6.07, 6.45) is -3.84. The number of amides is 1. The van der Waals surface area contributed by atoms with Crippen molar-refractivity contribution in [1.82, 2.24) is 4.98 Å². The number of hydrogen-bond donors (Lipinski definition) is 0. The van der Waals surface area contributed by atoms with E-state index in [-0.39, 0.29) is 23.2 Å². The van der Waals surface area contributed by atoms with Gasteiger partial charge < -0.3 is 9.64 Å². The third kappa shape index (κ3) is 4.86. The zero-order valence-corrected chi connectivity index (χ0v) is 16.0. The van der Waals surface area contributed by atoms with Gasteiger partial charge >= 0.3 is 6.18 Å². The minimum absolute atomic E-state index is 0.0914. The number of aromatic nitrogens is 1. The van der Waals surface area contributed by atoms with Crippen molar-refractivity contribution in [3.63, 3.8) is 0 Å². The van der Waals surface area contributed by atoms with E-state index in [9.17, 15) is 18.0 Å². The van der Waals surface area contributed by atoms with Gasteiger partial charge in [0, 0.05) is 17.4 Å². The van der Waals surface area contributed by atoms with Crippen molar-refractivity contribution in [2.24, 2.45) is 0 Å². The molecule has 4 nitrogen and oxygen atoms in total. The van der Waals surface area contributed by atoms with Crippen molar-refractivity contribution < 1.29 is 22.7 Å². The largest absolute Gasteiger partial charge is 0.497 e. The minimum Gasteiger partial charge on any atom is -0.497 e. The number of methoxy groups -OCH3 is 1. The number of pyridine rings is 1. The zero-order valence-electron chi connectivity index (χ0n) is 15.3. The van der Waals surface area contributed by atoms with E-state index in [0.29, 0.717) is 23.2 Å². The van der Waals surface area contributed by atoms with E-state index in [0.717, 1.165) is 6.07 Å². The number of carbonyl (C=O) groups excluding carboxylic acids is 1. The van der Waals surface area contributed by atoms with Gasteiger partial charge in [-0.1, -0.05) is 29.8 Å². The molecule has 0 bridgehead atoms. The van der Waals surface area contributed by atoms with Gasteiger partial charge in [0.05, 0.1) is 29.9 Å². The van der Waals surface area contributed by atoms with Gasteiger partial charge in [0.25, 0.3) is 5.91 Å². The molecule has 0 atom stereocenters. The summed E-state index contributed by atoms with van der Waals surface area (Å²) in [5.41, 5.74) is 0.160. The molecule has 1 amide bonds. The maximum absolute atomic E-state index is 13.1. The van der Waals surface area contributed by atoms with Crippen LogP contribution in [-0.4, -0.2) is 18.0 Å². The van der Waals surface area contributed by atoms with Gasteiger partial charge in [0.1, 0.15) is 5.75 Å². The molecule has 0 aliphatic heterocycles. The molecule has 0 aliphatic carbocycles. The van der Waals surface area contributed by atoms with Crippen LogP contribution in [0.4, 0.5) is 18.9 Å². The SMILES string of the molecule is COc1ccc(C(=O)N(Cc2ncc(C(F)(F)F)cc2Cl)c2ccccc2)cc1. The quantitative estimate of drug-likeness (QED) is 0.539. The van der Waals surface area contributed by atoms with Crippen molar-refractivity contribution in [2.45, 2.75) is 12.7 Å². The van der Waals surface area contributed by atoms with Crippen LogP contribution < -0.4 is 9.64 Å². The summed E-state index contributed by atoms with van der Waals surface area (Å²) in [5, 5.41) is -0.164. The molecule has 0 N–H and O–H groups in total. The van der Waals surface area contributed by atoms with Crippen molar-refractivity contribution in [2.75, 3.05) is 12.0 Å². The Kier molecular flexibility index (Phi) is 6.08. The Morgan fingerprint density at radius 3 is 2.31 bits per heavy atom. The van der Waals surface area contributed by atoms with E-state index in [4.69, 9.17) is 16.3 Å². The van der Waals surface area contributed by atoms with Gasteiger partial charge in [0.15, 0.2) is 0 Å². The first-order valence-electron chi connectivity index (χ1n) is 8.52. The minimum atomic E-state index is -4.55. The Bertz CT molecular complexity index is 993. The summed E-state index contributed by atoms with van der Waals surface area (Å²) in [6.45, 7) is -0.0914. The molecule has 1 aromatic heterocycles. The smallest absolute Gasteiger partial charge is 0.417 e. The van der Waals surface area contributed by atoms with Crippen LogP contribution in [-0.2, 0) is 12.7 Å². The number of nitrogens with zero attached hydrogens (tertiary/aromatic N) is 2. The second-order valence-electron chi connectivity index (χ2n) is 6.11. The second-order valence-corrected chi connectivity index (χ2v) is 6.51. The molecule has 0 radical (unpaired) electrons. The van der Waals surface area contributed by atoms with Gasteiger partial charge in [-0.25, -0.2) is 0 Å². The van der Waals surface area contributed by atoms with Crippen LogP contribution in [0.1, 0.15) is 21.6 Å². The van der Waals surface area contributed by atoms with Gasteiger partial charge in [-0.2, -0.15) is 13.2 Å². The third-order valence-corrected chi connectivity index (χ3v) is 4.53. The van der Waals surface area contributed by atoms with Crippen LogP contribution in [0.2, 0.25) is 5.02 Å². The number of rotatable bonds is 5. The zero-order chi connectivity index (χ0) is 21.0. The monoisotopic (exact) mass is 420 g/mol. The predicted molar refractivity (Wildman–Crippen MR) is 104 cm³/mol. The van der Waals surface area contributed by atoms with Crippen LogP contribution in [0.15, 0.2) is 66.9 Å². The lowest BCUT2D eigenvalue weighted by atomic mass is 10.1. The highest BCUT2D eigenvalue weighted by Crippen LogP contribution is 2.32. The van der Waals surface area contributed by atoms with Crippen LogP contribution >= 0.6 is 11.6 Å². The molecule has 29 heavy (non-hydrogen) atoms. The molecule has 0 aliphatic rings. The Morgan fingerprint density at radius 2 is 1.76 bits per heavy atom. The normalized spacial score (nSPS) is 11.2. The number of benzene rings is 2. The van der Waals surface area contributed by atoms with E-state index < -0.39 is 11.7 Å². The molecule has 8 heteroatoms. The number of anilines is 1. The van der Waals surface area contributed by atoms with Crippen molar-refractivity contribution in [3.05, 3.63) is 88.7 Å². The molecule has 2 aromatic carbocycles. The third-order valence-electron chi connectivity index (χ3n) is 4.20. The maximum Gasteiger partial charge on any atom is 0.417 e. The topological polar surface area (TPSA) is 42.4 Å². The fraction of sp³-hybridized carbons (Fsp3) is 0.143. The number of halogens is 4. The first-order chi connectivity index (χ1) is 13.8. The first-order valence-corrected chi connectivity index (χ1v) is 8.90. The number of ether oxygens (including phenoxy) is 1. The lowest BCUT2D eigenvalue weighted by Crippen LogP contribution is -2.31. The van der Waals surface area contributed by atoms with Crippen molar-refractivity contribution in [1.29, 1.82) is 0 Å². The molecule has 1 heterocycles. The maximum atomic E-state index is 13.1. The van der Waals surface area contributed by atoms with E-state index in [1.165, 1.54) is 12.0 Å². The predicted octanol–water partition coefficient (Wildman–Crippen LogP) is 5.61. The Balaban J connectivity index is 1.95. The van der Waals surface area contributed by atoms with E-state index in [1.54, 1.807) is 54.6 Å². The number of alkyl halides is 3. The van der Waals surface area contributed by atoms with Crippen LogP contribution in [0.5, 0.6) is 5.75 Å². The number of hydrogen-bond acceptors (Lipinski definition) is 3. The average molecular weight is 421 g/mol. The summed E-state index contributed by atoms with van der Waals surface area (Å²) in [6, 6.07) is 16.1. The van der Waals surface area contributed by atoms with Gasteiger partial charge in [-0.15, -0.1) is 0 Å². The molecule has 0 saturated heterocycles. The van der Waals surface area contributed by atoms with E-state index in [2.05, 4.69) is 4.98 Å². The fourth-order valence-corrected chi connectivity index (χ4v) is 2.89. The van der Waals surface area contributed by atoms with Crippen LogP contribution in [0, 0.1) is 0 Å². The molecule has 3 aromatic rings. The molecular formula is C21H16ClF3N2O2. The standard InChI is InChI=1S/C21H16ClF3N2O2/c1-29-17-9-7-14(8-10-17)20(28)27(16-5-3-2-4-6-16)13-19-18(22)11-15(12-26-19)21(23,24)25/h2-12H,13H2,1H3. The van der Waals surface area contributed by atoms with Gasteiger partial charge in [0.2, 0.25) is 0 Å². The molecule has 3 rings (SSSR count). The molecule has 0 spiro atoms. The number of para-hydroxylation sites is 1. The molecule has 150 valence electrons. The first kappa shape index (κ1) is 20.7. The average Bonchev–Trinajstić information content (AvgIpc) is 2.72. The van der Waals surface area contributed by atoms with Crippen molar-refractivity contribution >= 4 is 23.2 Å². The highest BCUT2D eigenvalue weighted by Gasteiger charge is 2.32. The van der Waals surface area contributed by atoms with Crippen LogP contribution in [0.25, 0.3) is 0 Å². The Hall–Kier alpha value is -3.06. The highest BCUT2D eigenvalue weighted by molar-refractivity contribution is 6.31. The lowest BCUT2D eigenvalue weighted by molar-refractivity contribution is -0.137. The lowest BCUT2D eigenvalue weighted by Gasteiger charge is -2.23. The summed E-state index contributed by atoms with van der Waals surface area (Å²) >= 11 is 6.04. The summed E-state index contributed by atoms with van der Waals surface area (Å²) in [4.78, 5) is 18.4. The summed E-state index contributed by atoms with van der Waals surface area (Å²) in [5.74, 6) is 0.247. The molecule has 0 fully saturated rings. The van der Waals surface area contributed by atoms with Crippen molar-refractivity contribution in [3.8, 4) is 5.75 Å². The summed E-state index contributed by atoms with van der Waals surface area (Å²) < 4.78 is 43.7. The molecule has 0 saturated carbocycles. The molecule has 0 unspecified atom stereocenters.